The summed E-state index contributed by atoms with van der Waals surface area (Å²) < 4.78 is 1.69. The van der Waals surface area contributed by atoms with Gasteiger partial charge >= 0.3 is 0 Å². The van der Waals surface area contributed by atoms with Gasteiger partial charge < -0.3 is 10.3 Å². The molecule has 148 valence electrons. The van der Waals surface area contributed by atoms with E-state index >= 15 is 0 Å². The van der Waals surface area contributed by atoms with Crippen LogP contribution in [0.25, 0.3) is 11.0 Å². The second kappa shape index (κ2) is 8.65. The SMILES string of the molecule is CC[C@H](C)n1c(SCC(=O)N[C@@H](C)c2ccccc2)nc2cc(C)[nH]c2c1=O. The van der Waals surface area contributed by atoms with Gasteiger partial charge in [0.1, 0.15) is 5.52 Å². The van der Waals surface area contributed by atoms with Crippen LogP contribution >= 0.6 is 11.8 Å². The zero-order chi connectivity index (χ0) is 20.3. The van der Waals surface area contributed by atoms with Crippen LogP contribution in [-0.4, -0.2) is 26.2 Å². The molecule has 6 nitrogen and oxygen atoms in total. The molecule has 28 heavy (non-hydrogen) atoms. The Hall–Kier alpha value is -2.54. The third-order valence-electron chi connectivity index (χ3n) is 4.83. The van der Waals surface area contributed by atoms with Crippen LogP contribution < -0.4 is 10.9 Å². The van der Waals surface area contributed by atoms with Crippen LogP contribution in [0.1, 0.15) is 50.5 Å². The predicted octanol–water partition coefficient (Wildman–Crippen LogP) is 3.97. The fourth-order valence-corrected chi connectivity index (χ4v) is 4.01. The molecule has 2 aromatic heterocycles. The minimum absolute atomic E-state index is 0.00168. The number of amides is 1. The molecule has 0 unspecified atom stereocenters. The normalized spacial score (nSPS) is 13.4. The molecular formula is C21H26N4O2S. The van der Waals surface area contributed by atoms with Gasteiger partial charge in [0, 0.05) is 11.7 Å². The molecule has 0 aliphatic carbocycles. The molecule has 3 rings (SSSR count). The average molecular weight is 399 g/mol. The fourth-order valence-electron chi connectivity index (χ4n) is 3.10. The number of hydrogen-bond donors (Lipinski definition) is 2. The van der Waals surface area contributed by atoms with Crippen LogP contribution in [0.4, 0.5) is 0 Å². The molecule has 2 atom stereocenters. The van der Waals surface area contributed by atoms with Gasteiger partial charge in [-0.3, -0.25) is 14.2 Å². The van der Waals surface area contributed by atoms with Crippen molar-refractivity contribution < 1.29 is 4.79 Å². The molecule has 2 N–H and O–H groups in total. The van der Waals surface area contributed by atoms with E-state index in [1.54, 1.807) is 4.57 Å². The lowest BCUT2D eigenvalue weighted by molar-refractivity contribution is -0.119. The first-order valence-electron chi connectivity index (χ1n) is 9.49. The Morgan fingerprint density at radius 3 is 2.68 bits per heavy atom. The van der Waals surface area contributed by atoms with Crippen molar-refractivity contribution in [1.82, 2.24) is 19.9 Å². The van der Waals surface area contributed by atoms with E-state index in [2.05, 4.69) is 15.3 Å². The van der Waals surface area contributed by atoms with E-state index in [9.17, 15) is 9.59 Å². The molecule has 1 aromatic carbocycles. The van der Waals surface area contributed by atoms with E-state index in [1.165, 1.54) is 11.8 Å². The third-order valence-corrected chi connectivity index (χ3v) is 5.78. The third kappa shape index (κ3) is 4.30. The number of thioether (sulfide) groups is 1. The molecule has 1 amide bonds. The van der Waals surface area contributed by atoms with E-state index in [-0.39, 0.29) is 29.3 Å². The Morgan fingerprint density at radius 1 is 1.29 bits per heavy atom. The number of benzene rings is 1. The largest absolute Gasteiger partial charge is 0.353 e. The molecule has 7 heteroatoms. The van der Waals surface area contributed by atoms with E-state index in [1.807, 2.05) is 64.1 Å². The monoisotopic (exact) mass is 398 g/mol. The molecule has 0 saturated heterocycles. The van der Waals surface area contributed by atoms with Crippen molar-refractivity contribution in [3.05, 3.63) is 58.0 Å². The first-order valence-corrected chi connectivity index (χ1v) is 10.5. The first-order chi connectivity index (χ1) is 13.4. The summed E-state index contributed by atoms with van der Waals surface area (Å²) in [6.07, 6.45) is 0.803. The van der Waals surface area contributed by atoms with Gasteiger partial charge in [-0.2, -0.15) is 0 Å². The molecule has 0 radical (unpaired) electrons. The van der Waals surface area contributed by atoms with Crippen LogP contribution in [0.5, 0.6) is 0 Å². The van der Waals surface area contributed by atoms with Crippen molar-refractivity contribution in [2.75, 3.05) is 5.75 Å². The minimum Gasteiger partial charge on any atom is -0.353 e. The summed E-state index contributed by atoms with van der Waals surface area (Å²) in [6.45, 7) is 7.89. The second-order valence-corrected chi connectivity index (χ2v) is 7.97. The summed E-state index contributed by atoms with van der Waals surface area (Å²) in [6, 6.07) is 11.6. The van der Waals surface area contributed by atoms with Crippen molar-refractivity contribution in [3.8, 4) is 0 Å². The van der Waals surface area contributed by atoms with E-state index in [0.717, 1.165) is 17.7 Å². The topological polar surface area (TPSA) is 79.8 Å². The number of nitrogens with zero attached hydrogens (tertiary/aromatic N) is 2. The van der Waals surface area contributed by atoms with Crippen molar-refractivity contribution in [1.29, 1.82) is 0 Å². The highest BCUT2D eigenvalue weighted by Crippen LogP contribution is 2.23. The van der Waals surface area contributed by atoms with Gasteiger partial charge in [-0.05, 0) is 38.8 Å². The van der Waals surface area contributed by atoms with Crippen LogP contribution in [0.2, 0.25) is 0 Å². The second-order valence-electron chi connectivity index (χ2n) is 7.03. The number of aryl methyl sites for hydroxylation is 1. The number of carbonyl (C=O) groups excluding carboxylic acids is 1. The van der Waals surface area contributed by atoms with Crippen LogP contribution in [-0.2, 0) is 4.79 Å². The van der Waals surface area contributed by atoms with Crippen LogP contribution in [0.3, 0.4) is 0 Å². The molecule has 0 fully saturated rings. The predicted molar refractivity (Wildman–Crippen MR) is 114 cm³/mol. The maximum Gasteiger partial charge on any atom is 0.278 e. The smallest absolute Gasteiger partial charge is 0.278 e. The Labute approximate surface area is 168 Å². The van der Waals surface area contributed by atoms with Crippen molar-refractivity contribution in [2.45, 2.75) is 51.4 Å². The highest BCUT2D eigenvalue weighted by Gasteiger charge is 2.18. The van der Waals surface area contributed by atoms with Crippen LogP contribution in [0, 0.1) is 6.92 Å². The number of aromatic amines is 1. The summed E-state index contributed by atoms with van der Waals surface area (Å²) in [4.78, 5) is 33.1. The maximum absolute atomic E-state index is 12.9. The minimum atomic E-state index is -0.0898. The quantitative estimate of drug-likeness (QED) is 0.466. The lowest BCUT2D eigenvalue weighted by Crippen LogP contribution is -2.29. The van der Waals surface area contributed by atoms with Gasteiger partial charge in [-0.25, -0.2) is 4.98 Å². The Bertz CT molecular complexity index is 1030. The van der Waals surface area contributed by atoms with Gasteiger partial charge in [0.15, 0.2) is 5.16 Å². The molecule has 0 spiro atoms. The molecule has 0 aliphatic rings. The highest BCUT2D eigenvalue weighted by molar-refractivity contribution is 7.99. The van der Waals surface area contributed by atoms with Gasteiger partial charge in [0.2, 0.25) is 5.91 Å². The summed E-state index contributed by atoms with van der Waals surface area (Å²) in [7, 11) is 0. The van der Waals surface area contributed by atoms with E-state index in [4.69, 9.17) is 0 Å². The number of H-pyrrole nitrogens is 1. The molecule has 0 bridgehead atoms. The van der Waals surface area contributed by atoms with Crippen molar-refractivity contribution in [2.24, 2.45) is 0 Å². The zero-order valence-electron chi connectivity index (χ0n) is 16.7. The summed E-state index contributed by atoms with van der Waals surface area (Å²) in [5.41, 5.74) is 3.02. The molecule has 3 aromatic rings. The number of fused-ring (bicyclic) bond motifs is 1. The molecule has 0 saturated carbocycles. The number of hydrogen-bond acceptors (Lipinski definition) is 4. The van der Waals surface area contributed by atoms with Crippen molar-refractivity contribution in [3.63, 3.8) is 0 Å². The number of carbonyl (C=O) groups is 1. The summed E-state index contributed by atoms with van der Waals surface area (Å²) in [5, 5.41) is 3.58. The summed E-state index contributed by atoms with van der Waals surface area (Å²) in [5.74, 6) is 0.117. The lowest BCUT2D eigenvalue weighted by atomic mass is 10.1. The van der Waals surface area contributed by atoms with Gasteiger partial charge in [-0.15, -0.1) is 0 Å². The highest BCUT2D eigenvalue weighted by atomic mass is 32.2. The maximum atomic E-state index is 12.9. The van der Waals surface area contributed by atoms with Gasteiger partial charge in [-0.1, -0.05) is 49.0 Å². The van der Waals surface area contributed by atoms with Crippen molar-refractivity contribution >= 4 is 28.7 Å². The fraction of sp³-hybridized carbons (Fsp3) is 0.381. The zero-order valence-corrected chi connectivity index (χ0v) is 17.5. The molecule has 0 aliphatic heterocycles. The van der Waals surface area contributed by atoms with Gasteiger partial charge in [0.05, 0.1) is 17.3 Å². The lowest BCUT2D eigenvalue weighted by Gasteiger charge is -2.18. The Kier molecular flexibility index (Phi) is 6.24. The van der Waals surface area contributed by atoms with Gasteiger partial charge in [0.25, 0.3) is 5.56 Å². The number of aromatic nitrogens is 3. The Balaban J connectivity index is 1.79. The van der Waals surface area contributed by atoms with E-state index < -0.39 is 0 Å². The average Bonchev–Trinajstić information content (AvgIpc) is 3.07. The first kappa shape index (κ1) is 20.2. The molecule has 2 heterocycles. The number of nitrogens with one attached hydrogen (secondary N) is 2. The summed E-state index contributed by atoms with van der Waals surface area (Å²) >= 11 is 1.30. The Morgan fingerprint density at radius 2 is 2.00 bits per heavy atom. The number of rotatable bonds is 7. The molecular weight excluding hydrogens is 372 g/mol. The van der Waals surface area contributed by atoms with Crippen LogP contribution in [0.15, 0.2) is 46.3 Å². The van der Waals surface area contributed by atoms with E-state index in [0.29, 0.717) is 16.2 Å². The standard InChI is InChI=1S/C21H26N4O2S/c1-5-14(3)25-20(27)19-17(11-13(2)22-19)24-21(25)28-12-18(26)23-15(4)16-9-7-6-8-10-16/h6-11,14-15,22H,5,12H2,1-4H3,(H,23,26)/t14-,15-/m0/s1.